The molecule has 0 spiro atoms. The lowest BCUT2D eigenvalue weighted by Gasteiger charge is -2.36. The summed E-state index contributed by atoms with van der Waals surface area (Å²) in [6.45, 7) is 7.98. The third-order valence-electron chi connectivity index (χ3n) is 5.35. The first-order valence-corrected chi connectivity index (χ1v) is 9.18. The van der Waals surface area contributed by atoms with E-state index in [9.17, 15) is 4.79 Å². The Morgan fingerprint density at radius 2 is 2.08 bits per heavy atom. The van der Waals surface area contributed by atoms with Crippen LogP contribution in [-0.2, 0) is 4.74 Å². The second-order valence-electron chi connectivity index (χ2n) is 7.06. The fourth-order valence-electron chi connectivity index (χ4n) is 3.65. The van der Waals surface area contributed by atoms with Gasteiger partial charge in [0.15, 0.2) is 0 Å². The van der Waals surface area contributed by atoms with E-state index in [0.29, 0.717) is 12.1 Å². The summed E-state index contributed by atoms with van der Waals surface area (Å²) in [6.07, 6.45) is 2.33. The summed E-state index contributed by atoms with van der Waals surface area (Å²) in [4.78, 5) is 17.4. The summed E-state index contributed by atoms with van der Waals surface area (Å²) in [5.74, 6) is 0. The van der Waals surface area contributed by atoms with Crippen molar-refractivity contribution < 1.29 is 4.74 Å². The SMILES string of the molecule is COCCNC1CCN(C(C)c2ccc3cc(C)c(=O)[nH]c3c2)CC1. The van der Waals surface area contributed by atoms with E-state index in [0.717, 1.165) is 55.5 Å². The standard InChI is InChI=1S/C20H29N3O2/c1-14-12-17-5-4-16(13-19(17)22-20(14)24)15(2)23-9-6-18(7-10-23)21-8-11-25-3/h4-5,12-13,15,18,21H,6-11H2,1-3H3,(H,22,24). The van der Waals surface area contributed by atoms with Crippen LogP contribution in [0.3, 0.4) is 0 Å². The summed E-state index contributed by atoms with van der Waals surface area (Å²) in [6, 6.07) is 9.34. The van der Waals surface area contributed by atoms with Gasteiger partial charge >= 0.3 is 0 Å². The van der Waals surface area contributed by atoms with E-state index in [4.69, 9.17) is 4.74 Å². The molecule has 0 radical (unpaired) electrons. The maximum Gasteiger partial charge on any atom is 0.251 e. The maximum absolute atomic E-state index is 11.9. The molecule has 0 aliphatic carbocycles. The second kappa shape index (κ2) is 8.13. The van der Waals surface area contributed by atoms with Crippen LogP contribution in [0.2, 0.25) is 0 Å². The molecule has 1 aliphatic heterocycles. The van der Waals surface area contributed by atoms with Gasteiger partial charge in [0.05, 0.1) is 6.61 Å². The Morgan fingerprint density at radius 1 is 1.32 bits per heavy atom. The lowest BCUT2D eigenvalue weighted by Crippen LogP contribution is -2.44. The first kappa shape index (κ1) is 18.1. The molecule has 1 saturated heterocycles. The number of aryl methyl sites for hydroxylation is 1. The zero-order valence-corrected chi connectivity index (χ0v) is 15.5. The van der Waals surface area contributed by atoms with Gasteiger partial charge in [-0.05, 0) is 49.8 Å². The van der Waals surface area contributed by atoms with Crippen molar-refractivity contribution in [3.63, 3.8) is 0 Å². The van der Waals surface area contributed by atoms with Crippen molar-refractivity contribution in [1.82, 2.24) is 15.2 Å². The Kier molecular flexibility index (Phi) is 5.89. The fourth-order valence-corrected chi connectivity index (χ4v) is 3.65. The molecule has 2 N–H and O–H groups in total. The zero-order chi connectivity index (χ0) is 17.8. The highest BCUT2D eigenvalue weighted by molar-refractivity contribution is 5.79. The highest BCUT2D eigenvalue weighted by Gasteiger charge is 2.23. The lowest BCUT2D eigenvalue weighted by molar-refractivity contribution is 0.144. The molecule has 0 saturated carbocycles. The van der Waals surface area contributed by atoms with Crippen LogP contribution < -0.4 is 10.9 Å². The van der Waals surface area contributed by atoms with Gasteiger partial charge in [-0.15, -0.1) is 0 Å². The van der Waals surface area contributed by atoms with Crippen LogP contribution in [0.4, 0.5) is 0 Å². The number of H-pyrrole nitrogens is 1. The topological polar surface area (TPSA) is 57.4 Å². The van der Waals surface area contributed by atoms with Crippen LogP contribution in [0, 0.1) is 6.92 Å². The monoisotopic (exact) mass is 343 g/mol. The number of benzene rings is 1. The minimum Gasteiger partial charge on any atom is -0.383 e. The lowest BCUT2D eigenvalue weighted by atomic mass is 9.99. The average Bonchev–Trinajstić information content (AvgIpc) is 2.62. The minimum absolute atomic E-state index is 0.000232. The molecule has 5 nitrogen and oxygen atoms in total. The van der Waals surface area contributed by atoms with E-state index in [1.54, 1.807) is 7.11 Å². The zero-order valence-electron chi connectivity index (χ0n) is 15.5. The summed E-state index contributed by atoms with van der Waals surface area (Å²) < 4.78 is 5.10. The minimum atomic E-state index is 0.000232. The largest absolute Gasteiger partial charge is 0.383 e. The number of hydrogen-bond donors (Lipinski definition) is 2. The average molecular weight is 343 g/mol. The van der Waals surface area contributed by atoms with Crippen molar-refractivity contribution in [2.75, 3.05) is 33.4 Å². The van der Waals surface area contributed by atoms with Crippen LogP contribution >= 0.6 is 0 Å². The van der Waals surface area contributed by atoms with Crippen LogP contribution in [0.5, 0.6) is 0 Å². The normalized spacial score (nSPS) is 17.9. The highest BCUT2D eigenvalue weighted by Crippen LogP contribution is 2.26. The van der Waals surface area contributed by atoms with E-state index >= 15 is 0 Å². The smallest absolute Gasteiger partial charge is 0.251 e. The molecule has 1 unspecified atom stereocenters. The van der Waals surface area contributed by atoms with Gasteiger partial charge in [0.1, 0.15) is 0 Å². The van der Waals surface area contributed by atoms with Gasteiger partial charge in [0.25, 0.3) is 5.56 Å². The van der Waals surface area contributed by atoms with Crippen molar-refractivity contribution in [3.8, 4) is 0 Å². The number of methoxy groups -OCH3 is 1. The maximum atomic E-state index is 11.9. The number of aromatic amines is 1. The van der Waals surface area contributed by atoms with Gasteiger partial charge in [-0.3, -0.25) is 9.69 Å². The molecule has 1 aromatic carbocycles. The van der Waals surface area contributed by atoms with Crippen LogP contribution in [0.1, 0.15) is 36.9 Å². The summed E-state index contributed by atoms with van der Waals surface area (Å²) in [7, 11) is 1.74. The Balaban J connectivity index is 1.65. The molecular weight excluding hydrogens is 314 g/mol. The van der Waals surface area contributed by atoms with Gasteiger partial charge in [0, 0.05) is 49.9 Å². The number of aromatic nitrogens is 1. The summed E-state index contributed by atoms with van der Waals surface area (Å²) >= 11 is 0. The molecule has 136 valence electrons. The molecular formula is C20H29N3O2. The van der Waals surface area contributed by atoms with Gasteiger partial charge in [-0.1, -0.05) is 12.1 Å². The number of pyridine rings is 1. The van der Waals surface area contributed by atoms with Gasteiger partial charge in [0.2, 0.25) is 0 Å². The molecule has 1 aromatic heterocycles. The Hall–Kier alpha value is -1.69. The molecule has 2 heterocycles. The van der Waals surface area contributed by atoms with Crippen molar-refractivity contribution in [2.24, 2.45) is 0 Å². The number of nitrogens with zero attached hydrogens (tertiary/aromatic N) is 1. The van der Waals surface area contributed by atoms with E-state index in [2.05, 4.69) is 40.3 Å². The first-order chi connectivity index (χ1) is 12.1. The van der Waals surface area contributed by atoms with Gasteiger partial charge < -0.3 is 15.0 Å². The van der Waals surface area contributed by atoms with Crippen LogP contribution in [0.25, 0.3) is 10.9 Å². The van der Waals surface area contributed by atoms with Crippen molar-refractivity contribution in [1.29, 1.82) is 0 Å². The van der Waals surface area contributed by atoms with Crippen molar-refractivity contribution in [2.45, 2.75) is 38.8 Å². The van der Waals surface area contributed by atoms with Gasteiger partial charge in [-0.2, -0.15) is 0 Å². The van der Waals surface area contributed by atoms with E-state index in [1.165, 1.54) is 5.56 Å². The number of ether oxygens (including phenoxy) is 1. The van der Waals surface area contributed by atoms with Crippen molar-refractivity contribution in [3.05, 3.63) is 45.7 Å². The van der Waals surface area contributed by atoms with Crippen LogP contribution in [-0.4, -0.2) is 49.3 Å². The predicted molar refractivity (Wildman–Crippen MR) is 102 cm³/mol. The third-order valence-corrected chi connectivity index (χ3v) is 5.35. The summed E-state index contributed by atoms with van der Waals surface area (Å²) in [5, 5.41) is 4.66. The van der Waals surface area contributed by atoms with Crippen LogP contribution in [0.15, 0.2) is 29.1 Å². The molecule has 25 heavy (non-hydrogen) atoms. The number of piperidine rings is 1. The number of fused-ring (bicyclic) bond motifs is 1. The molecule has 0 amide bonds. The molecule has 1 aliphatic rings. The molecule has 2 aromatic rings. The Labute approximate surface area is 149 Å². The number of nitrogens with one attached hydrogen (secondary N) is 2. The Bertz CT molecular complexity index is 763. The molecule has 5 heteroatoms. The third kappa shape index (κ3) is 4.29. The molecule has 3 rings (SSSR count). The van der Waals surface area contributed by atoms with Crippen molar-refractivity contribution >= 4 is 10.9 Å². The molecule has 1 atom stereocenters. The van der Waals surface area contributed by atoms with E-state index in [1.807, 2.05) is 13.0 Å². The highest BCUT2D eigenvalue weighted by atomic mass is 16.5. The predicted octanol–water partition coefficient (Wildman–Crippen LogP) is 2.60. The number of hydrogen-bond acceptors (Lipinski definition) is 4. The first-order valence-electron chi connectivity index (χ1n) is 9.18. The number of rotatable bonds is 6. The van der Waals surface area contributed by atoms with Gasteiger partial charge in [-0.25, -0.2) is 0 Å². The fraction of sp³-hybridized carbons (Fsp3) is 0.550. The van der Waals surface area contributed by atoms with E-state index < -0.39 is 0 Å². The number of likely N-dealkylation sites (tertiary alicyclic amines) is 1. The molecule has 0 bridgehead atoms. The summed E-state index contributed by atoms with van der Waals surface area (Å²) in [5.41, 5.74) is 2.95. The second-order valence-corrected chi connectivity index (χ2v) is 7.06. The van der Waals surface area contributed by atoms with E-state index in [-0.39, 0.29) is 5.56 Å². The Morgan fingerprint density at radius 3 is 2.80 bits per heavy atom. The molecule has 1 fully saturated rings. The quantitative estimate of drug-likeness (QED) is 0.792.